The van der Waals surface area contributed by atoms with Crippen LogP contribution in [-0.2, 0) is 25.3 Å². The number of hydrogen-bond donors (Lipinski definition) is 0. The van der Waals surface area contributed by atoms with Crippen LogP contribution in [0, 0.1) is 13.8 Å². The van der Waals surface area contributed by atoms with Gasteiger partial charge in [0.15, 0.2) is 0 Å². The zero-order valence-corrected chi connectivity index (χ0v) is 17.9. The summed E-state index contributed by atoms with van der Waals surface area (Å²) in [4.78, 5) is 11.5. The van der Waals surface area contributed by atoms with E-state index in [4.69, 9.17) is 14.0 Å². The van der Waals surface area contributed by atoms with Gasteiger partial charge in [-0.25, -0.2) is 0 Å². The average Bonchev–Trinajstić information content (AvgIpc) is 2.83. The van der Waals surface area contributed by atoms with E-state index in [2.05, 4.69) is 65.8 Å². The Kier molecular flexibility index (Phi) is 5.43. The molecule has 0 N–H and O–H groups in total. The SMILES string of the molecule is COC(=O)Cc1ccc(-c2c(C)cc(B3OC(C)(C)C(C)(C)O3)cc2C)cc1. The molecule has 0 amide bonds. The Labute approximate surface area is 168 Å². The van der Waals surface area contributed by atoms with Crippen molar-refractivity contribution < 1.29 is 18.8 Å². The van der Waals surface area contributed by atoms with Gasteiger partial charge in [-0.15, -0.1) is 0 Å². The van der Waals surface area contributed by atoms with Gasteiger partial charge in [-0.2, -0.15) is 0 Å². The van der Waals surface area contributed by atoms with Gasteiger partial charge < -0.3 is 14.0 Å². The third-order valence-corrected chi connectivity index (χ3v) is 5.90. The second-order valence-corrected chi connectivity index (χ2v) is 8.57. The van der Waals surface area contributed by atoms with Crippen molar-refractivity contribution in [3.63, 3.8) is 0 Å². The molecule has 1 fully saturated rings. The largest absolute Gasteiger partial charge is 0.494 e. The van der Waals surface area contributed by atoms with Gasteiger partial charge in [0, 0.05) is 0 Å². The molecule has 0 bridgehead atoms. The quantitative estimate of drug-likeness (QED) is 0.595. The van der Waals surface area contributed by atoms with Crippen LogP contribution < -0.4 is 5.46 Å². The number of methoxy groups -OCH3 is 1. The Bertz CT molecular complexity index is 845. The first-order valence-electron chi connectivity index (χ1n) is 9.67. The molecule has 0 saturated carbocycles. The smallest absolute Gasteiger partial charge is 0.469 e. The Morgan fingerprint density at radius 1 is 0.964 bits per heavy atom. The fourth-order valence-corrected chi connectivity index (χ4v) is 3.60. The molecule has 4 nitrogen and oxygen atoms in total. The van der Waals surface area contributed by atoms with E-state index in [1.807, 2.05) is 12.1 Å². The molecule has 2 aromatic carbocycles. The fourth-order valence-electron chi connectivity index (χ4n) is 3.60. The van der Waals surface area contributed by atoms with Gasteiger partial charge in [-0.05, 0) is 74.8 Å². The third kappa shape index (κ3) is 3.87. The van der Waals surface area contributed by atoms with E-state index in [9.17, 15) is 4.79 Å². The molecule has 1 saturated heterocycles. The number of hydrogen-bond acceptors (Lipinski definition) is 4. The predicted molar refractivity (Wildman–Crippen MR) is 113 cm³/mol. The van der Waals surface area contributed by atoms with Gasteiger partial charge >= 0.3 is 13.1 Å². The highest BCUT2D eigenvalue weighted by Gasteiger charge is 2.51. The molecule has 0 spiro atoms. The highest BCUT2D eigenvalue weighted by Crippen LogP contribution is 2.37. The highest BCUT2D eigenvalue weighted by atomic mass is 16.7. The molecule has 1 heterocycles. The Morgan fingerprint density at radius 2 is 1.46 bits per heavy atom. The van der Waals surface area contributed by atoms with E-state index < -0.39 is 0 Å². The van der Waals surface area contributed by atoms with E-state index in [1.54, 1.807) is 0 Å². The van der Waals surface area contributed by atoms with Gasteiger partial charge in [0.25, 0.3) is 0 Å². The molecule has 0 aromatic heterocycles. The van der Waals surface area contributed by atoms with E-state index >= 15 is 0 Å². The van der Waals surface area contributed by atoms with Crippen LogP contribution in [0.2, 0.25) is 0 Å². The van der Waals surface area contributed by atoms with Crippen LogP contribution in [0.4, 0.5) is 0 Å². The summed E-state index contributed by atoms with van der Waals surface area (Å²) in [5, 5.41) is 0. The van der Waals surface area contributed by atoms with Crippen molar-refractivity contribution in [2.45, 2.75) is 59.2 Å². The minimum absolute atomic E-state index is 0.230. The first-order chi connectivity index (χ1) is 13.0. The number of rotatable bonds is 4. The Balaban J connectivity index is 1.88. The van der Waals surface area contributed by atoms with Crippen molar-refractivity contribution in [2.75, 3.05) is 7.11 Å². The minimum atomic E-state index is -0.362. The monoisotopic (exact) mass is 380 g/mol. The molecule has 1 aliphatic heterocycles. The molecule has 0 unspecified atom stereocenters. The van der Waals surface area contributed by atoms with Crippen molar-refractivity contribution in [1.29, 1.82) is 0 Å². The van der Waals surface area contributed by atoms with Gasteiger partial charge in [0.1, 0.15) is 0 Å². The lowest BCUT2D eigenvalue weighted by Gasteiger charge is -2.32. The van der Waals surface area contributed by atoms with E-state index in [0.29, 0.717) is 0 Å². The number of esters is 1. The topological polar surface area (TPSA) is 44.8 Å². The molecule has 0 radical (unpaired) electrons. The first-order valence-corrected chi connectivity index (χ1v) is 9.67. The van der Waals surface area contributed by atoms with Crippen LogP contribution in [-0.4, -0.2) is 31.4 Å². The normalized spacial score (nSPS) is 17.6. The molecule has 3 rings (SSSR count). The molecule has 5 heteroatoms. The summed E-state index contributed by atoms with van der Waals surface area (Å²) in [5.74, 6) is -0.230. The lowest BCUT2D eigenvalue weighted by atomic mass is 9.76. The summed E-state index contributed by atoms with van der Waals surface area (Å²) in [6, 6.07) is 12.4. The number of carbonyl (C=O) groups excluding carboxylic acids is 1. The van der Waals surface area contributed by atoms with Gasteiger partial charge in [-0.1, -0.05) is 36.4 Å². The molecule has 2 aromatic rings. The molecule has 0 aliphatic carbocycles. The highest BCUT2D eigenvalue weighted by molar-refractivity contribution is 6.62. The maximum Gasteiger partial charge on any atom is 0.494 e. The maximum atomic E-state index is 11.5. The number of ether oxygens (including phenoxy) is 1. The van der Waals surface area contributed by atoms with E-state index in [1.165, 1.54) is 23.8 Å². The summed E-state index contributed by atoms with van der Waals surface area (Å²) in [7, 11) is 1.05. The summed E-state index contributed by atoms with van der Waals surface area (Å²) >= 11 is 0. The molecule has 28 heavy (non-hydrogen) atoms. The average molecular weight is 380 g/mol. The summed E-state index contributed by atoms with van der Waals surface area (Å²) < 4.78 is 17.1. The Morgan fingerprint density at radius 3 is 1.93 bits per heavy atom. The predicted octanol–water partition coefficient (Wildman–Crippen LogP) is 3.99. The third-order valence-electron chi connectivity index (χ3n) is 5.90. The van der Waals surface area contributed by atoms with Crippen molar-refractivity contribution in [3.8, 4) is 11.1 Å². The number of benzene rings is 2. The molecular weight excluding hydrogens is 351 g/mol. The van der Waals surface area contributed by atoms with E-state index in [0.717, 1.165) is 16.6 Å². The lowest BCUT2D eigenvalue weighted by Crippen LogP contribution is -2.41. The maximum absolute atomic E-state index is 11.5. The second-order valence-electron chi connectivity index (χ2n) is 8.57. The van der Waals surface area contributed by atoms with Crippen LogP contribution >= 0.6 is 0 Å². The van der Waals surface area contributed by atoms with Gasteiger partial charge in [-0.3, -0.25) is 4.79 Å². The van der Waals surface area contributed by atoms with Crippen LogP contribution in [0.3, 0.4) is 0 Å². The Hall–Kier alpha value is -2.11. The van der Waals surface area contributed by atoms with Crippen LogP contribution in [0.5, 0.6) is 0 Å². The lowest BCUT2D eigenvalue weighted by molar-refractivity contribution is -0.139. The summed E-state index contributed by atoms with van der Waals surface area (Å²) in [6.45, 7) is 12.5. The molecule has 1 aliphatic rings. The zero-order valence-electron chi connectivity index (χ0n) is 17.9. The summed E-state index contributed by atoms with van der Waals surface area (Å²) in [5.41, 5.74) is 5.95. The second kappa shape index (κ2) is 7.38. The van der Waals surface area contributed by atoms with Crippen LogP contribution in [0.25, 0.3) is 11.1 Å². The number of aryl methyl sites for hydroxylation is 2. The summed E-state index contributed by atoms with van der Waals surface area (Å²) in [6.07, 6.45) is 0.287. The van der Waals surface area contributed by atoms with Crippen LogP contribution in [0.1, 0.15) is 44.4 Å². The van der Waals surface area contributed by atoms with Crippen LogP contribution in [0.15, 0.2) is 36.4 Å². The first kappa shape index (κ1) is 20.6. The van der Waals surface area contributed by atoms with Gasteiger partial charge in [0.05, 0.1) is 24.7 Å². The van der Waals surface area contributed by atoms with Crippen molar-refractivity contribution >= 4 is 18.6 Å². The number of carbonyl (C=O) groups is 1. The zero-order chi connectivity index (χ0) is 20.7. The standard InChI is InChI=1S/C23H29BO4/c1-15-12-19(24-27-22(3,4)23(5,6)28-24)13-16(2)21(15)18-10-8-17(9-11-18)14-20(25)26-7/h8-13H,14H2,1-7H3. The van der Waals surface area contributed by atoms with Gasteiger partial charge in [0.2, 0.25) is 0 Å². The van der Waals surface area contributed by atoms with E-state index in [-0.39, 0.29) is 30.7 Å². The minimum Gasteiger partial charge on any atom is -0.469 e. The van der Waals surface area contributed by atoms with Crippen molar-refractivity contribution in [2.24, 2.45) is 0 Å². The molecule has 0 atom stereocenters. The molecular formula is C23H29BO4. The van der Waals surface area contributed by atoms with Crippen molar-refractivity contribution in [1.82, 2.24) is 0 Å². The van der Waals surface area contributed by atoms with Crippen molar-refractivity contribution in [3.05, 3.63) is 53.1 Å². The fraction of sp³-hybridized carbons (Fsp3) is 0.435. The molecule has 148 valence electrons.